The highest BCUT2D eigenvalue weighted by molar-refractivity contribution is 6.06. The number of nitrogens with zero attached hydrogens (tertiary/aromatic N) is 1. The van der Waals surface area contributed by atoms with Crippen LogP contribution in [0.1, 0.15) is 32.6 Å². The number of hydrogen-bond donors (Lipinski definition) is 1. The summed E-state index contributed by atoms with van der Waals surface area (Å²) >= 11 is 0. The lowest BCUT2D eigenvalue weighted by Gasteiger charge is -2.23. The number of aryl methyl sites for hydroxylation is 3. The molecule has 150 valence electrons. The number of benzene rings is 3. The van der Waals surface area contributed by atoms with Gasteiger partial charge < -0.3 is 9.88 Å². The fourth-order valence-electron chi connectivity index (χ4n) is 3.66. The Kier molecular flexibility index (Phi) is 5.23. The maximum absolute atomic E-state index is 13.4. The van der Waals surface area contributed by atoms with Crippen molar-refractivity contribution in [2.75, 3.05) is 4.90 Å². The largest absolute Gasteiger partial charge is 0.322 e. The SMILES string of the molecule is Cc1cccc(C(=O)N(Cc2cc3ccc(C)cc3[nH]c2=O)c2cccc(C)c2)c1. The molecular weight excluding hydrogens is 372 g/mol. The van der Waals surface area contributed by atoms with E-state index in [0.717, 1.165) is 33.3 Å². The summed E-state index contributed by atoms with van der Waals surface area (Å²) in [6.07, 6.45) is 0. The van der Waals surface area contributed by atoms with Gasteiger partial charge in [-0.25, -0.2) is 0 Å². The Morgan fingerprint density at radius 2 is 1.53 bits per heavy atom. The number of hydrogen-bond acceptors (Lipinski definition) is 2. The molecule has 1 amide bonds. The fourth-order valence-corrected chi connectivity index (χ4v) is 3.66. The number of pyridine rings is 1. The van der Waals surface area contributed by atoms with Gasteiger partial charge in [-0.15, -0.1) is 0 Å². The fraction of sp³-hybridized carbons (Fsp3) is 0.154. The van der Waals surface area contributed by atoms with Crippen molar-refractivity contribution in [1.29, 1.82) is 0 Å². The molecule has 30 heavy (non-hydrogen) atoms. The normalized spacial score (nSPS) is 10.9. The number of nitrogens with one attached hydrogen (secondary N) is 1. The van der Waals surface area contributed by atoms with E-state index in [2.05, 4.69) is 4.98 Å². The molecule has 1 N–H and O–H groups in total. The first-order valence-electron chi connectivity index (χ1n) is 9.98. The van der Waals surface area contributed by atoms with Crippen molar-refractivity contribution in [3.8, 4) is 0 Å². The number of anilines is 1. The third-order valence-electron chi connectivity index (χ3n) is 5.23. The molecule has 4 heteroatoms. The number of carbonyl (C=O) groups is 1. The maximum atomic E-state index is 13.4. The molecule has 4 nitrogen and oxygen atoms in total. The van der Waals surface area contributed by atoms with Crippen LogP contribution in [0.4, 0.5) is 5.69 Å². The van der Waals surface area contributed by atoms with Gasteiger partial charge in [0.05, 0.1) is 6.54 Å². The average Bonchev–Trinajstić information content (AvgIpc) is 2.72. The molecule has 0 fully saturated rings. The molecule has 0 saturated heterocycles. The van der Waals surface area contributed by atoms with Gasteiger partial charge in [-0.1, -0.05) is 42.0 Å². The lowest BCUT2D eigenvalue weighted by molar-refractivity contribution is 0.0985. The van der Waals surface area contributed by atoms with Gasteiger partial charge in [-0.05, 0) is 73.7 Å². The standard InChI is InChI=1S/C26H24N2O2/c1-17-6-4-8-21(12-17)26(30)28(23-9-5-7-18(2)13-23)16-22-15-20-11-10-19(3)14-24(20)27-25(22)29/h4-15H,16H2,1-3H3,(H,27,29). The van der Waals surface area contributed by atoms with Crippen molar-refractivity contribution in [1.82, 2.24) is 4.98 Å². The van der Waals surface area contributed by atoms with Crippen LogP contribution in [-0.4, -0.2) is 10.9 Å². The van der Waals surface area contributed by atoms with Gasteiger partial charge in [-0.2, -0.15) is 0 Å². The van der Waals surface area contributed by atoms with Crippen LogP contribution < -0.4 is 10.5 Å². The summed E-state index contributed by atoms with van der Waals surface area (Å²) in [6.45, 7) is 6.13. The van der Waals surface area contributed by atoms with E-state index in [-0.39, 0.29) is 18.0 Å². The summed E-state index contributed by atoms with van der Waals surface area (Å²) < 4.78 is 0. The number of aromatic amines is 1. The minimum Gasteiger partial charge on any atom is -0.322 e. The van der Waals surface area contributed by atoms with Crippen LogP contribution in [0, 0.1) is 20.8 Å². The number of amides is 1. The lowest BCUT2D eigenvalue weighted by Crippen LogP contribution is -2.33. The molecule has 0 atom stereocenters. The maximum Gasteiger partial charge on any atom is 0.258 e. The molecule has 0 aliphatic heterocycles. The van der Waals surface area contributed by atoms with Gasteiger partial charge in [0.1, 0.15) is 0 Å². The summed E-state index contributed by atoms with van der Waals surface area (Å²) in [6, 6.07) is 23.1. The number of H-pyrrole nitrogens is 1. The second-order valence-corrected chi connectivity index (χ2v) is 7.81. The van der Waals surface area contributed by atoms with Crippen molar-refractivity contribution < 1.29 is 4.79 Å². The van der Waals surface area contributed by atoms with E-state index in [1.54, 1.807) is 4.90 Å². The van der Waals surface area contributed by atoms with E-state index in [9.17, 15) is 9.59 Å². The number of fused-ring (bicyclic) bond motifs is 1. The van der Waals surface area contributed by atoms with Crippen LogP contribution in [-0.2, 0) is 6.54 Å². The van der Waals surface area contributed by atoms with E-state index in [0.29, 0.717) is 11.1 Å². The zero-order valence-electron chi connectivity index (χ0n) is 17.4. The Labute approximate surface area is 175 Å². The monoisotopic (exact) mass is 396 g/mol. The molecule has 0 saturated carbocycles. The van der Waals surface area contributed by atoms with Crippen LogP contribution in [0.25, 0.3) is 10.9 Å². The van der Waals surface area contributed by atoms with E-state index < -0.39 is 0 Å². The van der Waals surface area contributed by atoms with Crippen molar-refractivity contribution in [3.05, 3.63) is 111 Å². The van der Waals surface area contributed by atoms with Gasteiger partial charge in [-0.3, -0.25) is 9.59 Å². The van der Waals surface area contributed by atoms with Gasteiger partial charge in [0.2, 0.25) is 0 Å². The molecule has 0 unspecified atom stereocenters. The number of aromatic nitrogens is 1. The van der Waals surface area contributed by atoms with Gasteiger partial charge in [0.25, 0.3) is 11.5 Å². The predicted molar refractivity (Wildman–Crippen MR) is 122 cm³/mol. The predicted octanol–water partition coefficient (Wildman–Crippen LogP) is 5.30. The zero-order chi connectivity index (χ0) is 21.3. The van der Waals surface area contributed by atoms with Crippen LogP contribution in [0.5, 0.6) is 0 Å². The molecule has 3 aromatic carbocycles. The second kappa shape index (κ2) is 7.99. The van der Waals surface area contributed by atoms with Crippen LogP contribution >= 0.6 is 0 Å². The highest BCUT2D eigenvalue weighted by Crippen LogP contribution is 2.22. The number of carbonyl (C=O) groups excluding carboxylic acids is 1. The average molecular weight is 396 g/mol. The first-order valence-corrected chi connectivity index (χ1v) is 9.98. The van der Waals surface area contributed by atoms with Gasteiger partial charge in [0.15, 0.2) is 0 Å². The molecule has 4 aromatic rings. The molecule has 0 radical (unpaired) electrons. The molecule has 1 heterocycles. The highest BCUT2D eigenvalue weighted by atomic mass is 16.2. The van der Waals surface area contributed by atoms with Crippen LogP contribution in [0.2, 0.25) is 0 Å². The first-order chi connectivity index (χ1) is 14.4. The summed E-state index contributed by atoms with van der Waals surface area (Å²) in [7, 11) is 0. The summed E-state index contributed by atoms with van der Waals surface area (Å²) in [5.41, 5.74) is 5.70. The summed E-state index contributed by atoms with van der Waals surface area (Å²) in [5, 5.41) is 0.947. The Morgan fingerprint density at radius 3 is 2.27 bits per heavy atom. The summed E-state index contributed by atoms with van der Waals surface area (Å²) in [4.78, 5) is 30.9. The van der Waals surface area contributed by atoms with Crippen molar-refractivity contribution in [2.45, 2.75) is 27.3 Å². The van der Waals surface area contributed by atoms with E-state index in [4.69, 9.17) is 0 Å². The Hall–Kier alpha value is -3.66. The third kappa shape index (κ3) is 4.03. The van der Waals surface area contributed by atoms with Crippen molar-refractivity contribution in [3.63, 3.8) is 0 Å². The topological polar surface area (TPSA) is 53.2 Å². The Balaban J connectivity index is 1.79. The van der Waals surface area contributed by atoms with Gasteiger partial charge in [0, 0.05) is 22.3 Å². The molecular formula is C26H24N2O2. The molecule has 1 aromatic heterocycles. The lowest BCUT2D eigenvalue weighted by atomic mass is 10.1. The second-order valence-electron chi connectivity index (χ2n) is 7.81. The smallest absolute Gasteiger partial charge is 0.258 e. The zero-order valence-corrected chi connectivity index (χ0v) is 17.4. The molecule has 0 bridgehead atoms. The quantitative estimate of drug-likeness (QED) is 0.509. The van der Waals surface area contributed by atoms with Crippen LogP contribution in [0.15, 0.2) is 77.6 Å². The van der Waals surface area contributed by atoms with E-state index in [1.165, 1.54) is 0 Å². The third-order valence-corrected chi connectivity index (χ3v) is 5.23. The first kappa shape index (κ1) is 19.6. The molecule has 0 aliphatic rings. The highest BCUT2D eigenvalue weighted by Gasteiger charge is 2.20. The Bertz CT molecular complexity index is 1300. The number of rotatable bonds is 4. The molecule has 4 rings (SSSR count). The van der Waals surface area contributed by atoms with Crippen molar-refractivity contribution >= 4 is 22.5 Å². The molecule has 0 aliphatic carbocycles. The van der Waals surface area contributed by atoms with E-state index >= 15 is 0 Å². The van der Waals surface area contributed by atoms with Gasteiger partial charge >= 0.3 is 0 Å². The Morgan fingerprint density at radius 1 is 0.833 bits per heavy atom. The molecule has 0 spiro atoms. The minimum absolute atomic E-state index is 0.132. The summed E-state index contributed by atoms with van der Waals surface area (Å²) in [5.74, 6) is -0.132. The minimum atomic E-state index is -0.178. The van der Waals surface area contributed by atoms with E-state index in [1.807, 2.05) is 93.6 Å². The van der Waals surface area contributed by atoms with Crippen LogP contribution in [0.3, 0.4) is 0 Å². The van der Waals surface area contributed by atoms with Crippen molar-refractivity contribution in [2.24, 2.45) is 0 Å².